The summed E-state index contributed by atoms with van der Waals surface area (Å²) < 4.78 is 23.7. The van der Waals surface area contributed by atoms with Gasteiger partial charge in [-0.1, -0.05) is 29.5 Å². The second-order valence-corrected chi connectivity index (χ2v) is 8.10. The summed E-state index contributed by atoms with van der Waals surface area (Å²) in [6.07, 6.45) is 0.792. The quantitative estimate of drug-likeness (QED) is 0.456. The second-order valence-electron chi connectivity index (χ2n) is 7.13. The summed E-state index contributed by atoms with van der Waals surface area (Å²) >= 11 is 1.44. The molecule has 0 N–H and O–H groups in total. The van der Waals surface area contributed by atoms with Gasteiger partial charge in [-0.15, -0.1) is 0 Å². The third-order valence-corrected chi connectivity index (χ3v) is 6.30. The van der Waals surface area contributed by atoms with Crippen LogP contribution in [0.25, 0.3) is 10.2 Å². The molecule has 2 aromatic heterocycles. The van der Waals surface area contributed by atoms with E-state index >= 15 is 0 Å². The number of aromatic nitrogens is 1. The van der Waals surface area contributed by atoms with Crippen molar-refractivity contribution in [1.82, 2.24) is 4.98 Å². The molecule has 4 aromatic rings. The lowest BCUT2D eigenvalue weighted by atomic mass is 10.2. The Bertz CT molecular complexity index is 1230. The number of carbonyl (C=O) groups is 1. The average Bonchev–Trinajstić information content (AvgIpc) is 3.47. The molecule has 5 rings (SSSR count). The number of benzene rings is 2. The maximum atomic E-state index is 13.6. The van der Waals surface area contributed by atoms with Crippen molar-refractivity contribution < 1.29 is 23.4 Å². The third-order valence-electron chi connectivity index (χ3n) is 5.09. The van der Waals surface area contributed by atoms with Crippen LogP contribution >= 0.6 is 11.3 Å². The van der Waals surface area contributed by atoms with E-state index in [1.54, 1.807) is 30.4 Å². The number of hydrogen-bond acceptors (Lipinski definition) is 7. The normalized spacial score (nSPS) is 15.1. The summed E-state index contributed by atoms with van der Waals surface area (Å²) in [6.45, 7) is 2.36. The first-order valence-electron chi connectivity index (χ1n) is 9.80. The number of aryl methyl sites for hydroxylation is 1. The van der Waals surface area contributed by atoms with Gasteiger partial charge in [0.1, 0.15) is 23.6 Å². The number of rotatable bonds is 5. The van der Waals surface area contributed by atoms with Gasteiger partial charge in [0.2, 0.25) is 6.10 Å². The molecule has 0 aliphatic carbocycles. The molecule has 1 atom stereocenters. The highest BCUT2D eigenvalue weighted by Gasteiger charge is 2.34. The Balaban J connectivity index is 1.53. The number of thiazole rings is 1. The van der Waals surface area contributed by atoms with E-state index in [0.717, 1.165) is 15.8 Å². The molecule has 0 spiro atoms. The van der Waals surface area contributed by atoms with Gasteiger partial charge >= 0.3 is 0 Å². The van der Waals surface area contributed by atoms with Gasteiger partial charge in [-0.3, -0.25) is 9.69 Å². The van der Waals surface area contributed by atoms with Crippen LogP contribution in [-0.2, 0) is 11.3 Å². The highest BCUT2D eigenvalue weighted by Crippen LogP contribution is 2.38. The van der Waals surface area contributed by atoms with Crippen LogP contribution in [0.1, 0.15) is 11.3 Å². The van der Waals surface area contributed by atoms with Crippen LogP contribution in [0.15, 0.2) is 59.2 Å². The molecule has 158 valence electrons. The van der Waals surface area contributed by atoms with Crippen molar-refractivity contribution >= 4 is 32.6 Å². The monoisotopic (exact) mass is 436 g/mol. The molecule has 1 aliphatic heterocycles. The minimum absolute atomic E-state index is 0.123. The predicted octanol–water partition coefficient (Wildman–Crippen LogP) is 4.58. The van der Waals surface area contributed by atoms with Crippen LogP contribution in [-0.4, -0.2) is 30.7 Å². The number of amides is 1. The first kappa shape index (κ1) is 19.4. The van der Waals surface area contributed by atoms with Crippen LogP contribution in [0, 0.1) is 6.92 Å². The molecule has 0 bridgehead atoms. The highest BCUT2D eigenvalue weighted by atomic mass is 32.1. The van der Waals surface area contributed by atoms with Crippen molar-refractivity contribution in [2.24, 2.45) is 0 Å². The zero-order valence-corrected chi connectivity index (χ0v) is 17.8. The summed E-state index contributed by atoms with van der Waals surface area (Å²) in [5.41, 5.74) is 1.79. The molecular formula is C23H20N2O5S. The van der Waals surface area contributed by atoms with Gasteiger partial charge in [-0.2, -0.15) is 0 Å². The molecule has 1 unspecified atom stereocenters. The Labute approximate surface area is 182 Å². The van der Waals surface area contributed by atoms with E-state index in [0.29, 0.717) is 28.1 Å². The molecule has 0 fully saturated rings. The molecule has 1 aliphatic rings. The van der Waals surface area contributed by atoms with E-state index in [1.165, 1.54) is 11.3 Å². The topological polar surface area (TPSA) is 74.0 Å². The fraction of sp³-hybridized carbons (Fsp3) is 0.217. The van der Waals surface area contributed by atoms with Crippen LogP contribution < -0.4 is 19.1 Å². The fourth-order valence-corrected chi connectivity index (χ4v) is 4.55. The highest BCUT2D eigenvalue weighted by molar-refractivity contribution is 7.22. The van der Waals surface area contributed by atoms with Gasteiger partial charge in [0.15, 0.2) is 16.6 Å². The smallest absolute Gasteiger partial charge is 0.273 e. The minimum Gasteiger partial charge on any atom is -0.494 e. The average molecular weight is 436 g/mol. The van der Waals surface area contributed by atoms with E-state index in [1.807, 2.05) is 43.3 Å². The molecule has 0 saturated carbocycles. The fourth-order valence-electron chi connectivity index (χ4n) is 3.49. The number of hydrogen-bond donors (Lipinski definition) is 0. The Kier molecular flexibility index (Phi) is 4.99. The number of methoxy groups -OCH3 is 1. The Morgan fingerprint density at radius 2 is 2.03 bits per heavy atom. The number of ether oxygens (including phenoxy) is 3. The predicted molar refractivity (Wildman–Crippen MR) is 117 cm³/mol. The van der Waals surface area contributed by atoms with Crippen molar-refractivity contribution in [3.63, 3.8) is 0 Å². The lowest BCUT2D eigenvalue weighted by Gasteiger charge is -2.29. The van der Waals surface area contributed by atoms with Crippen molar-refractivity contribution in [3.05, 3.63) is 66.1 Å². The largest absolute Gasteiger partial charge is 0.494 e. The van der Waals surface area contributed by atoms with Crippen LogP contribution in [0.2, 0.25) is 0 Å². The van der Waals surface area contributed by atoms with E-state index in [9.17, 15) is 4.79 Å². The van der Waals surface area contributed by atoms with E-state index in [-0.39, 0.29) is 19.1 Å². The van der Waals surface area contributed by atoms with Gasteiger partial charge in [0.05, 0.1) is 24.6 Å². The van der Waals surface area contributed by atoms with E-state index in [4.69, 9.17) is 23.6 Å². The van der Waals surface area contributed by atoms with Crippen LogP contribution in [0.3, 0.4) is 0 Å². The second kappa shape index (κ2) is 7.96. The van der Waals surface area contributed by atoms with Crippen molar-refractivity contribution in [3.8, 4) is 17.2 Å². The maximum absolute atomic E-state index is 13.6. The summed E-state index contributed by atoms with van der Waals surface area (Å²) in [6, 6.07) is 14.8. The summed E-state index contributed by atoms with van der Waals surface area (Å²) in [5, 5.41) is 0.548. The van der Waals surface area contributed by atoms with Gasteiger partial charge in [0, 0.05) is 0 Å². The molecule has 7 nitrogen and oxygen atoms in total. The van der Waals surface area contributed by atoms with Crippen molar-refractivity contribution in [1.29, 1.82) is 0 Å². The van der Waals surface area contributed by atoms with Crippen LogP contribution in [0.5, 0.6) is 17.2 Å². The zero-order chi connectivity index (χ0) is 21.4. The van der Waals surface area contributed by atoms with E-state index in [2.05, 4.69) is 0 Å². The SMILES string of the molecule is COc1ccc(C)c2sc(N(Cc3ccco3)C(=O)C3COc4ccccc4O3)nc12. The zero-order valence-electron chi connectivity index (χ0n) is 17.0. The maximum Gasteiger partial charge on any atom is 0.273 e. The van der Waals surface area contributed by atoms with Crippen LogP contribution in [0.4, 0.5) is 5.13 Å². The van der Waals surface area contributed by atoms with Crippen molar-refractivity contribution in [2.45, 2.75) is 19.6 Å². The molecule has 0 saturated heterocycles. The summed E-state index contributed by atoms with van der Waals surface area (Å²) in [7, 11) is 1.61. The first-order chi connectivity index (χ1) is 15.1. The number of furan rings is 1. The van der Waals surface area contributed by atoms with Gasteiger partial charge in [-0.25, -0.2) is 4.98 Å². The molecule has 31 heavy (non-hydrogen) atoms. The van der Waals surface area contributed by atoms with E-state index < -0.39 is 6.10 Å². The van der Waals surface area contributed by atoms with Crippen molar-refractivity contribution in [2.75, 3.05) is 18.6 Å². The molecule has 3 heterocycles. The number of fused-ring (bicyclic) bond motifs is 2. The molecule has 2 aromatic carbocycles. The Hall–Kier alpha value is -3.52. The lowest BCUT2D eigenvalue weighted by Crippen LogP contribution is -2.46. The lowest BCUT2D eigenvalue weighted by molar-refractivity contribution is -0.127. The molecule has 1 amide bonds. The van der Waals surface area contributed by atoms with Gasteiger partial charge in [0.25, 0.3) is 5.91 Å². The Morgan fingerprint density at radius 1 is 1.19 bits per heavy atom. The van der Waals surface area contributed by atoms with Gasteiger partial charge < -0.3 is 18.6 Å². The standard InChI is InChI=1S/C23H20N2O5S/c1-14-9-10-18(27-2)20-21(14)31-23(24-20)25(12-15-6-5-11-28-15)22(26)19-13-29-16-7-3-4-8-17(16)30-19/h3-11,19H,12-13H2,1-2H3. The summed E-state index contributed by atoms with van der Waals surface area (Å²) in [4.78, 5) is 19.9. The van der Waals surface area contributed by atoms with Gasteiger partial charge in [-0.05, 0) is 42.8 Å². The number of carbonyl (C=O) groups excluding carboxylic acids is 1. The molecular weight excluding hydrogens is 416 g/mol. The third kappa shape index (κ3) is 3.59. The molecule has 0 radical (unpaired) electrons. The summed E-state index contributed by atoms with van der Waals surface area (Å²) in [5.74, 6) is 2.24. The number of para-hydroxylation sites is 2. The number of anilines is 1. The molecule has 8 heteroatoms. The minimum atomic E-state index is -0.792. The Morgan fingerprint density at radius 3 is 2.81 bits per heavy atom. The number of nitrogens with zero attached hydrogens (tertiary/aromatic N) is 2. The first-order valence-corrected chi connectivity index (χ1v) is 10.6.